The maximum atomic E-state index is 13.3. The summed E-state index contributed by atoms with van der Waals surface area (Å²) in [6.07, 6.45) is 28.4. The number of carbonyl (C=O) groups is 8. The Morgan fingerprint density at radius 1 is 0.393 bits per heavy atom. The molecule has 5 aromatic heterocycles. The molecule has 10 heterocycles. The number of fused-ring (bicyclic) bond motifs is 4. The van der Waals surface area contributed by atoms with E-state index in [1.54, 1.807) is 176 Å². The Labute approximate surface area is 849 Å². The van der Waals surface area contributed by atoms with Crippen LogP contribution in [0.25, 0.3) is 0 Å². The van der Waals surface area contributed by atoms with Crippen molar-refractivity contribution < 1.29 is 57.3 Å². The van der Waals surface area contributed by atoms with E-state index in [9.17, 15) is 38.4 Å². The quantitative estimate of drug-likeness (QED) is 0.0222. The number of amides is 7. The molecule has 8 N–H and O–H groups in total. The first kappa shape index (κ1) is 105. The molecule has 18 rings (SSSR count). The van der Waals surface area contributed by atoms with Crippen molar-refractivity contribution in [3.63, 3.8) is 0 Å². The molecule has 0 atom stereocenters. The number of piperazine rings is 1. The van der Waals surface area contributed by atoms with Gasteiger partial charge in [0.2, 0.25) is 41.5 Å². The fourth-order valence-corrected chi connectivity index (χ4v) is 20.3. The Morgan fingerprint density at radius 2 is 0.717 bits per heavy atom. The molecule has 774 valence electrons. The molecule has 9 aromatic rings. The summed E-state index contributed by atoms with van der Waals surface area (Å²) in [7, 11) is 18.9. The van der Waals surface area contributed by atoms with Crippen molar-refractivity contribution in [1.82, 2.24) is 80.5 Å². The van der Waals surface area contributed by atoms with Gasteiger partial charge in [-0.25, -0.2) is 24.9 Å². The number of nitrogens with zero attached hydrogens (tertiary/aromatic N) is 19. The molecule has 4 aromatic carbocycles. The minimum atomic E-state index is -0.553. The number of likely N-dealkylation sites (N-methyl/N-ethyl adjacent to an activating group) is 1. The molecule has 0 unspecified atom stereocenters. The van der Waals surface area contributed by atoms with E-state index in [1.165, 1.54) is 38.5 Å². The van der Waals surface area contributed by atoms with Gasteiger partial charge in [-0.05, 0) is 186 Å². The number of methoxy groups -OCH3 is 4. The molecular weight excluding hydrogens is 1840 g/mol. The second-order valence-corrected chi connectivity index (χ2v) is 41.6. The van der Waals surface area contributed by atoms with Crippen LogP contribution in [0.3, 0.4) is 0 Å². The Balaban J connectivity index is 0.000000146. The minimum absolute atomic E-state index is 0.0488. The number of hydrogen-bond acceptors (Lipinski definition) is 31. The van der Waals surface area contributed by atoms with E-state index in [0.29, 0.717) is 179 Å². The van der Waals surface area contributed by atoms with Crippen LogP contribution >= 0.6 is 0 Å². The summed E-state index contributed by atoms with van der Waals surface area (Å²) in [5.74, 6) is 6.50. The highest BCUT2D eigenvalue weighted by Gasteiger charge is 2.47. The maximum absolute atomic E-state index is 13.3. The lowest BCUT2D eigenvalue weighted by Gasteiger charge is -2.34. The zero-order chi connectivity index (χ0) is 104. The molecule has 0 bridgehead atoms. The van der Waals surface area contributed by atoms with Gasteiger partial charge in [-0.1, -0.05) is 52.4 Å². The third kappa shape index (κ3) is 24.6. The van der Waals surface area contributed by atoms with Crippen LogP contribution < -0.4 is 95.8 Å². The number of Topliss-reactive ketones (excluding diaryl/α,β-unsaturated/α-hetero) is 1. The third-order valence-corrected chi connectivity index (χ3v) is 28.8. The van der Waals surface area contributed by atoms with E-state index in [2.05, 4.69) is 104 Å². The van der Waals surface area contributed by atoms with Crippen LogP contribution in [0.15, 0.2) is 110 Å². The molecular formula is C106H143N27O12. The normalized spacial score (nSPS) is 18.2. The molecule has 0 spiro atoms. The SMILES string of the molecule is CNC(=O)c1ccc(Nc2ncc3c(n2)N(C2CC2)CC(C)(C)C(=O)N3C)c(OC)c1.CNC(=O)c1ccc(Nc2ncc3c(n2)N(C2CCCC2)CC(C)(C)C(=O)C3)c(OC)c1.COc1cc(C(=O)NCCCN2CCN(C)CC2)ccc1Nc1ncc2c(n1)N(C1CCCC1)CC(C)(C)C(=O)N2C.COc1cc(C(=O)NCCc2cn(C)cn2)ccc1Nc1ncc2c(n1)N(C1CCCC1)CC(C)(C)C(=O)N2C. The first-order valence-corrected chi connectivity index (χ1v) is 50.5. The smallest absolute Gasteiger partial charge is 0.251 e. The van der Waals surface area contributed by atoms with Crippen molar-refractivity contribution in [2.24, 2.45) is 28.7 Å². The van der Waals surface area contributed by atoms with Gasteiger partial charge in [0.05, 0.1) is 98.0 Å². The van der Waals surface area contributed by atoms with Crippen LogP contribution in [0.2, 0.25) is 0 Å². The molecule has 145 heavy (non-hydrogen) atoms. The summed E-state index contributed by atoms with van der Waals surface area (Å²) < 4.78 is 24.1. The lowest BCUT2D eigenvalue weighted by molar-refractivity contribution is -0.126. The molecule has 5 fully saturated rings. The fourth-order valence-electron chi connectivity index (χ4n) is 20.3. The van der Waals surface area contributed by atoms with Gasteiger partial charge >= 0.3 is 0 Å². The van der Waals surface area contributed by atoms with Gasteiger partial charge < -0.3 is 110 Å². The van der Waals surface area contributed by atoms with E-state index in [-0.39, 0.29) is 47.1 Å². The minimum Gasteiger partial charge on any atom is -0.495 e. The van der Waals surface area contributed by atoms with E-state index in [0.717, 1.165) is 131 Å². The van der Waals surface area contributed by atoms with E-state index < -0.39 is 21.7 Å². The largest absolute Gasteiger partial charge is 0.495 e. The van der Waals surface area contributed by atoms with Gasteiger partial charge in [0.1, 0.15) is 51.7 Å². The highest BCUT2D eigenvalue weighted by Crippen LogP contribution is 2.47. The third-order valence-electron chi connectivity index (χ3n) is 28.8. The van der Waals surface area contributed by atoms with E-state index >= 15 is 0 Å². The van der Waals surface area contributed by atoms with Crippen LogP contribution in [0.1, 0.15) is 204 Å². The molecule has 4 aliphatic carbocycles. The van der Waals surface area contributed by atoms with Crippen molar-refractivity contribution in [3.05, 3.63) is 144 Å². The molecule has 0 radical (unpaired) electrons. The van der Waals surface area contributed by atoms with Crippen molar-refractivity contribution in [2.75, 3.05) is 198 Å². The topological polar surface area (TPSA) is 420 Å². The van der Waals surface area contributed by atoms with Crippen molar-refractivity contribution in [1.29, 1.82) is 0 Å². The number of rotatable bonds is 27. The van der Waals surface area contributed by atoms with Gasteiger partial charge in [-0.3, -0.25) is 38.4 Å². The fraction of sp³-hybridized carbons (Fsp3) is 0.519. The van der Waals surface area contributed by atoms with Gasteiger partial charge in [0.25, 0.3) is 23.6 Å². The number of ether oxygens (including phenoxy) is 4. The maximum Gasteiger partial charge on any atom is 0.251 e. The molecule has 9 aliphatic rings. The van der Waals surface area contributed by atoms with Gasteiger partial charge in [-0.2, -0.15) is 19.9 Å². The average molecular weight is 1990 g/mol. The number of benzene rings is 4. The summed E-state index contributed by atoms with van der Waals surface area (Å²) in [6.45, 7) is 24.9. The number of aromatic nitrogens is 10. The van der Waals surface area contributed by atoms with Crippen LogP contribution in [-0.4, -0.2) is 273 Å². The number of anilines is 15. The van der Waals surface area contributed by atoms with Crippen LogP contribution in [0.4, 0.5) is 86.9 Å². The highest BCUT2D eigenvalue weighted by atomic mass is 16.5. The van der Waals surface area contributed by atoms with Gasteiger partial charge in [-0.15, -0.1) is 0 Å². The Morgan fingerprint density at radius 3 is 1.06 bits per heavy atom. The monoisotopic (exact) mass is 1990 g/mol. The summed E-state index contributed by atoms with van der Waals surface area (Å²) in [6, 6.07) is 22.3. The second kappa shape index (κ2) is 45.5. The number of nitrogens with one attached hydrogen (secondary N) is 8. The standard InChI is InChI=1S/C31H46N8O3.C29H38N8O3.C24H31N5O3.C22H28N6O3/c1-31(2)21-39(23-9-6-7-10-23)27-25(37(4)29(31)41)20-33-30(35-27)34-24-12-11-22(19-26(24)42-5)28(40)32-13-8-14-38-17-15-36(3)16-18-38;1-29(2)17-37(21-8-6-7-9-21)25-23(36(4)27(29)39)15-31-28(34-25)33-22-11-10-19(14-24(22)40-5)26(38)30-13-12-20-16-35(3)18-32-20;1-24(2)14-29(17-7-5-6-8-17)21-16(12-20(24)30)13-26-23(28-21)27-18-10-9-15(22(31)25-3)11-19(18)32-4;1-22(2)12-28(14-7-8-14)18-16(27(4)20(22)30)11-24-21(26-18)25-15-9-6-13(19(29)23-3)10-17(15)31-5/h11-12,19-20,23H,6-10,13-18,21H2,1-5H3,(H,32,40)(H,33,34,35);10-11,14-16,18,21H,6-9,12-13,17H2,1-5H3,(H,30,38)(H,31,33,34);9-11,13,17H,5-8,12,14H2,1-4H3,(H,25,31)(H,26,27,28);6,9-11,14H,7-8,12H2,1-5H3,(H,23,29)(H,24,25,26). The van der Waals surface area contributed by atoms with Crippen LogP contribution in [0, 0.1) is 21.7 Å². The van der Waals surface area contributed by atoms with Crippen molar-refractivity contribution in [2.45, 2.75) is 189 Å². The summed E-state index contributed by atoms with van der Waals surface area (Å²) in [5.41, 5.74) is 6.50. The number of ketones is 1. The second-order valence-electron chi connectivity index (χ2n) is 41.6. The number of hydrogen-bond donors (Lipinski definition) is 8. The number of imidazole rings is 1. The molecule has 7 amide bonds. The van der Waals surface area contributed by atoms with Gasteiger partial charge in [0.15, 0.2) is 17.5 Å². The Bertz CT molecular complexity index is 6200. The first-order chi connectivity index (χ1) is 69.4. The Kier molecular flexibility index (Phi) is 33.0. The van der Waals surface area contributed by atoms with Crippen LogP contribution in [-0.2, 0) is 39.1 Å². The lowest BCUT2D eigenvalue weighted by atomic mass is 9.86. The number of aryl methyl sites for hydroxylation is 1. The molecule has 39 heteroatoms. The highest BCUT2D eigenvalue weighted by molar-refractivity contribution is 6.04. The zero-order valence-corrected chi connectivity index (χ0v) is 87.4. The average Bonchev–Trinajstić information content (AvgIpc) is 1.68. The molecule has 1 saturated heterocycles. The van der Waals surface area contributed by atoms with Crippen molar-refractivity contribution >= 4 is 134 Å². The summed E-state index contributed by atoms with van der Waals surface area (Å²) in [4.78, 5) is 163. The molecule has 5 aliphatic heterocycles. The number of carbonyl (C=O) groups excluding carboxylic acids is 8. The first-order valence-electron chi connectivity index (χ1n) is 50.5. The summed E-state index contributed by atoms with van der Waals surface area (Å²) >= 11 is 0. The predicted octanol–water partition coefficient (Wildman–Crippen LogP) is 13.1. The van der Waals surface area contributed by atoms with Gasteiger partial charge in [0, 0.05) is 190 Å². The van der Waals surface area contributed by atoms with Crippen LogP contribution in [0.5, 0.6) is 23.0 Å². The van der Waals surface area contributed by atoms with E-state index in [4.69, 9.17) is 38.9 Å². The molecule has 4 saturated carbocycles. The van der Waals surface area contributed by atoms with Crippen molar-refractivity contribution in [3.8, 4) is 23.0 Å². The van der Waals surface area contributed by atoms with E-state index in [1.807, 2.05) is 79.3 Å². The molecule has 39 nitrogen and oxygen atoms in total. The lowest BCUT2D eigenvalue weighted by Crippen LogP contribution is -2.45. The zero-order valence-electron chi connectivity index (χ0n) is 87.4. The summed E-state index contributed by atoms with van der Waals surface area (Å²) in [5, 5.41) is 24.2. The Hall–Kier alpha value is -14.1. The predicted molar refractivity (Wildman–Crippen MR) is 563 cm³/mol.